The molecular formula is C21H16FN3O3. The van der Waals surface area contributed by atoms with E-state index in [0.29, 0.717) is 11.4 Å². The molecule has 4 aromatic rings. The van der Waals surface area contributed by atoms with E-state index in [-0.39, 0.29) is 24.0 Å². The summed E-state index contributed by atoms with van der Waals surface area (Å²) in [7, 11) is 0. The van der Waals surface area contributed by atoms with Gasteiger partial charge in [0.1, 0.15) is 12.4 Å². The average Bonchev–Trinajstić information content (AvgIpc) is 3.40. The van der Waals surface area contributed by atoms with Crippen molar-refractivity contribution in [3.63, 3.8) is 0 Å². The van der Waals surface area contributed by atoms with E-state index in [1.54, 1.807) is 42.6 Å². The summed E-state index contributed by atoms with van der Waals surface area (Å²) in [4.78, 5) is 12.3. The summed E-state index contributed by atoms with van der Waals surface area (Å²) in [6.45, 7) is 0.0209. The van der Waals surface area contributed by atoms with Crippen molar-refractivity contribution in [2.45, 2.75) is 6.61 Å². The number of para-hydroxylation sites is 1. The van der Waals surface area contributed by atoms with Crippen molar-refractivity contribution in [2.75, 3.05) is 5.32 Å². The highest BCUT2D eigenvalue weighted by molar-refractivity contribution is 6.02. The molecule has 0 aliphatic carbocycles. The Balaban J connectivity index is 1.37. The van der Waals surface area contributed by atoms with Gasteiger partial charge >= 0.3 is 0 Å². The highest BCUT2D eigenvalue weighted by Gasteiger charge is 2.13. The predicted octanol–water partition coefficient (Wildman–Crippen LogP) is 4.64. The molecule has 0 fully saturated rings. The fraction of sp³-hybridized carbons (Fsp3) is 0.0476. The smallest absolute Gasteiger partial charge is 0.291 e. The molecule has 0 saturated carbocycles. The van der Waals surface area contributed by atoms with Gasteiger partial charge in [-0.1, -0.05) is 24.3 Å². The monoisotopic (exact) mass is 377 g/mol. The molecule has 0 radical (unpaired) electrons. The van der Waals surface area contributed by atoms with E-state index in [2.05, 4.69) is 15.5 Å². The highest BCUT2D eigenvalue weighted by Crippen LogP contribution is 2.21. The lowest BCUT2D eigenvalue weighted by atomic mass is 10.1. The molecule has 2 heterocycles. The molecule has 28 heavy (non-hydrogen) atoms. The van der Waals surface area contributed by atoms with E-state index in [1.807, 2.05) is 18.2 Å². The summed E-state index contributed by atoms with van der Waals surface area (Å²) < 4.78 is 24.4. The number of hydrogen-bond acceptors (Lipinski definition) is 4. The summed E-state index contributed by atoms with van der Waals surface area (Å²) >= 11 is 0. The summed E-state index contributed by atoms with van der Waals surface area (Å²) in [5.41, 5.74) is 2.48. The minimum atomic E-state index is -0.453. The molecule has 140 valence electrons. The number of furan rings is 1. The molecule has 0 saturated heterocycles. The van der Waals surface area contributed by atoms with E-state index in [1.165, 1.54) is 12.1 Å². The van der Waals surface area contributed by atoms with Crippen molar-refractivity contribution < 1.29 is 18.3 Å². The zero-order chi connectivity index (χ0) is 19.3. The number of aromatic amines is 1. The standard InChI is InChI=1S/C21H16FN3O3/c22-17-3-1-2-4-19(17)27-13-16-9-10-20(28-16)21(26)24-15-7-5-14(6-8-15)18-11-12-23-25-18/h1-12H,13H2,(H,23,25)(H,24,26). The fourth-order valence-corrected chi connectivity index (χ4v) is 2.63. The van der Waals surface area contributed by atoms with Crippen LogP contribution < -0.4 is 10.1 Å². The van der Waals surface area contributed by atoms with E-state index in [9.17, 15) is 9.18 Å². The lowest BCUT2D eigenvalue weighted by molar-refractivity contribution is 0.0992. The number of nitrogens with zero attached hydrogens (tertiary/aromatic N) is 1. The zero-order valence-corrected chi connectivity index (χ0v) is 14.7. The van der Waals surface area contributed by atoms with Crippen LogP contribution in [0.15, 0.2) is 77.3 Å². The molecular weight excluding hydrogens is 361 g/mol. The van der Waals surface area contributed by atoms with Gasteiger partial charge in [-0.25, -0.2) is 4.39 Å². The number of carbonyl (C=O) groups is 1. The Morgan fingerprint density at radius 3 is 2.64 bits per heavy atom. The number of anilines is 1. The molecule has 7 heteroatoms. The Kier molecular flexibility index (Phi) is 4.88. The lowest BCUT2D eigenvalue weighted by Crippen LogP contribution is -2.10. The van der Waals surface area contributed by atoms with Gasteiger partial charge in [0, 0.05) is 11.9 Å². The maximum absolute atomic E-state index is 13.6. The van der Waals surface area contributed by atoms with Gasteiger partial charge < -0.3 is 14.5 Å². The normalized spacial score (nSPS) is 10.6. The molecule has 0 aliphatic heterocycles. The number of hydrogen-bond donors (Lipinski definition) is 2. The van der Waals surface area contributed by atoms with E-state index >= 15 is 0 Å². The first-order chi connectivity index (χ1) is 13.7. The molecule has 2 N–H and O–H groups in total. The van der Waals surface area contributed by atoms with Crippen molar-refractivity contribution in [2.24, 2.45) is 0 Å². The largest absolute Gasteiger partial charge is 0.483 e. The second-order valence-electron chi connectivity index (χ2n) is 5.99. The molecule has 0 bridgehead atoms. The molecule has 0 atom stereocenters. The number of benzene rings is 2. The van der Waals surface area contributed by atoms with Crippen LogP contribution in [0.5, 0.6) is 5.75 Å². The van der Waals surface area contributed by atoms with Crippen molar-refractivity contribution in [1.29, 1.82) is 0 Å². The van der Waals surface area contributed by atoms with Crippen LogP contribution >= 0.6 is 0 Å². The van der Waals surface area contributed by atoms with Gasteiger partial charge in [-0.3, -0.25) is 9.89 Å². The number of nitrogens with one attached hydrogen (secondary N) is 2. The Bertz CT molecular complexity index is 1070. The van der Waals surface area contributed by atoms with Crippen LogP contribution in [0.25, 0.3) is 11.3 Å². The third-order valence-electron chi connectivity index (χ3n) is 4.05. The second-order valence-corrected chi connectivity index (χ2v) is 5.99. The molecule has 2 aromatic carbocycles. The van der Waals surface area contributed by atoms with Crippen LogP contribution in [0.4, 0.5) is 10.1 Å². The Hall–Kier alpha value is -3.87. The van der Waals surface area contributed by atoms with E-state index < -0.39 is 5.82 Å². The maximum Gasteiger partial charge on any atom is 0.291 e. The van der Waals surface area contributed by atoms with Crippen molar-refractivity contribution >= 4 is 11.6 Å². The first-order valence-corrected chi connectivity index (χ1v) is 8.56. The topological polar surface area (TPSA) is 80.2 Å². The molecule has 0 unspecified atom stereocenters. The van der Waals surface area contributed by atoms with Gasteiger partial charge in [0.15, 0.2) is 17.3 Å². The molecule has 2 aromatic heterocycles. The summed E-state index contributed by atoms with van der Waals surface area (Å²) in [5.74, 6) is -0.146. The number of amides is 1. The Labute approximate surface area is 160 Å². The van der Waals surface area contributed by atoms with Crippen LogP contribution in [0.1, 0.15) is 16.3 Å². The van der Waals surface area contributed by atoms with Crippen molar-refractivity contribution in [3.05, 3.63) is 90.3 Å². The van der Waals surface area contributed by atoms with Gasteiger partial charge in [-0.05, 0) is 48.0 Å². The molecule has 0 spiro atoms. The van der Waals surface area contributed by atoms with Gasteiger partial charge in [-0.15, -0.1) is 0 Å². The van der Waals surface area contributed by atoms with Crippen molar-refractivity contribution in [1.82, 2.24) is 10.2 Å². The van der Waals surface area contributed by atoms with Crippen LogP contribution in [0, 0.1) is 5.82 Å². The maximum atomic E-state index is 13.6. The molecule has 0 aliphatic rings. The van der Waals surface area contributed by atoms with E-state index in [4.69, 9.17) is 9.15 Å². The highest BCUT2D eigenvalue weighted by atomic mass is 19.1. The summed E-state index contributed by atoms with van der Waals surface area (Å²) in [6.07, 6.45) is 1.68. The van der Waals surface area contributed by atoms with Crippen molar-refractivity contribution in [3.8, 4) is 17.0 Å². The number of H-pyrrole nitrogens is 1. The van der Waals surface area contributed by atoms with Gasteiger partial charge in [0.25, 0.3) is 5.91 Å². The Morgan fingerprint density at radius 2 is 1.89 bits per heavy atom. The third-order valence-corrected chi connectivity index (χ3v) is 4.05. The van der Waals surface area contributed by atoms with Crippen LogP contribution in [-0.2, 0) is 6.61 Å². The lowest BCUT2D eigenvalue weighted by Gasteiger charge is -2.05. The first-order valence-electron chi connectivity index (χ1n) is 8.56. The molecule has 4 rings (SSSR count). The first kappa shape index (κ1) is 17.5. The minimum absolute atomic E-state index is 0.0209. The van der Waals surface area contributed by atoms with Gasteiger partial charge in [-0.2, -0.15) is 5.10 Å². The second kappa shape index (κ2) is 7.79. The zero-order valence-electron chi connectivity index (χ0n) is 14.7. The van der Waals surface area contributed by atoms with Gasteiger partial charge in [0.05, 0.1) is 5.69 Å². The number of ether oxygens (including phenoxy) is 1. The summed E-state index contributed by atoms with van der Waals surface area (Å²) in [6, 6.07) is 18.5. The number of halogens is 1. The number of aromatic nitrogens is 2. The fourth-order valence-electron chi connectivity index (χ4n) is 2.63. The summed E-state index contributed by atoms with van der Waals surface area (Å²) in [5, 5.41) is 9.56. The van der Waals surface area contributed by atoms with Crippen LogP contribution in [-0.4, -0.2) is 16.1 Å². The molecule has 6 nitrogen and oxygen atoms in total. The van der Waals surface area contributed by atoms with Crippen LogP contribution in [0.2, 0.25) is 0 Å². The number of carbonyl (C=O) groups excluding carboxylic acids is 1. The number of rotatable bonds is 6. The van der Waals surface area contributed by atoms with Crippen LogP contribution in [0.3, 0.4) is 0 Å². The Morgan fingerprint density at radius 1 is 1.07 bits per heavy atom. The van der Waals surface area contributed by atoms with Gasteiger partial charge in [0.2, 0.25) is 0 Å². The predicted molar refractivity (Wildman–Crippen MR) is 101 cm³/mol. The SMILES string of the molecule is O=C(Nc1ccc(-c2ccn[nH]2)cc1)c1ccc(COc2ccccc2F)o1. The van der Waals surface area contributed by atoms with E-state index in [0.717, 1.165) is 11.3 Å². The average molecular weight is 377 g/mol. The third kappa shape index (κ3) is 3.93. The molecule has 1 amide bonds. The quantitative estimate of drug-likeness (QED) is 0.513. The minimum Gasteiger partial charge on any atom is -0.483 e.